The topological polar surface area (TPSA) is 100 Å². The summed E-state index contributed by atoms with van der Waals surface area (Å²) in [5.74, 6) is -0.312. The number of piperidine rings is 1. The van der Waals surface area contributed by atoms with Crippen LogP contribution in [0, 0.1) is 12.8 Å². The first-order valence-electron chi connectivity index (χ1n) is 8.88. The Bertz CT molecular complexity index is 1060. The summed E-state index contributed by atoms with van der Waals surface area (Å²) in [6.45, 7) is 2.63. The van der Waals surface area contributed by atoms with Gasteiger partial charge in [0.2, 0.25) is 0 Å². The molecule has 138 valence electrons. The number of hydrogen-bond donors (Lipinski definition) is 1. The SMILES string of the molecule is Cc1cn2nnc(C(=O)N3CCC(C(=O)c4ccccc4)CC3)c2c(=O)[nH]1. The highest BCUT2D eigenvalue weighted by Crippen LogP contribution is 2.23. The van der Waals surface area contributed by atoms with E-state index >= 15 is 0 Å². The third kappa shape index (κ3) is 3.14. The van der Waals surface area contributed by atoms with Crippen molar-refractivity contribution in [3.63, 3.8) is 0 Å². The van der Waals surface area contributed by atoms with Crippen molar-refractivity contribution in [2.45, 2.75) is 19.8 Å². The molecule has 27 heavy (non-hydrogen) atoms. The summed E-state index contributed by atoms with van der Waals surface area (Å²) < 4.78 is 1.33. The van der Waals surface area contributed by atoms with Crippen molar-refractivity contribution in [3.05, 3.63) is 63.8 Å². The minimum Gasteiger partial charge on any atom is -0.337 e. The van der Waals surface area contributed by atoms with Crippen LogP contribution in [-0.4, -0.2) is 49.5 Å². The fraction of sp³-hybridized carbons (Fsp3) is 0.316. The van der Waals surface area contributed by atoms with E-state index in [1.165, 1.54) is 4.52 Å². The maximum atomic E-state index is 12.8. The molecule has 0 saturated carbocycles. The van der Waals surface area contributed by atoms with Crippen LogP contribution in [0.25, 0.3) is 5.52 Å². The molecule has 1 saturated heterocycles. The minimum absolute atomic E-state index is 0.0454. The van der Waals surface area contributed by atoms with Crippen molar-refractivity contribution < 1.29 is 9.59 Å². The largest absolute Gasteiger partial charge is 0.337 e. The number of aromatic amines is 1. The Kier molecular flexibility index (Phi) is 4.31. The number of aryl methyl sites for hydroxylation is 1. The van der Waals surface area contributed by atoms with E-state index in [4.69, 9.17) is 0 Å². The Morgan fingerprint density at radius 3 is 2.56 bits per heavy atom. The number of Topliss-reactive ketones (excluding diaryl/α,β-unsaturated/α-hetero) is 1. The highest BCUT2D eigenvalue weighted by molar-refractivity contribution is 5.99. The Balaban J connectivity index is 1.50. The number of fused-ring (bicyclic) bond motifs is 1. The zero-order valence-corrected chi connectivity index (χ0v) is 14.9. The smallest absolute Gasteiger partial charge is 0.276 e. The third-order valence-electron chi connectivity index (χ3n) is 4.95. The van der Waals surface area contributed by atoms with Crippen molar-refractivity contribution in [1.82, 2.24) is 24.7 Å². The normalized spacial score (nSPS) is 15.2. The van der Waals surface area contributed by atoms with Crippen LogP contribution >= 0.6 is 0 Å². The second-order valence-electron chi connectivity index (χ2n) is 6.79. The number of carbonyl (C=O) groups excluding carboxylic acids is 2. The predicted molar refractivity (Wildman–Crippen MR) is 97.7 cm³/mol. The van der Waals surface area contributed by atoms with Gasteiger partial charge in [0.15, 0.2) is 17.0 Å². The summed E-state index contributed by atoms with van der Waals surface area (Å²) in [5.41, 5.74) is 1.14. The van der Waals surface area contributed by atoms with Crippen LogP contribution in [0.1, 0.15) is 39.4 Å². The number of nitrogens with one attached hydrogen (secondary N) is 1. The molecule has 0 bridgehead atoms. The molecule has 0 spiro atoms. The van der Waals surface area contributed by atoms with Crippen molar-refractivity contribution in [2.24, 2.45) is 5.92 Å². The molecule has 1 aliphatic heterocycles. The summed E-state index contributed by atoms with van der Waals surface area (Å²) in [4.78, 5) is 41.9. The molecule has 2 aromatic heterocycles. The molecular formula is C19H19N5O3. The van der Waals surface area contributed by atoms with Gasteiger partial charge in [0.25, 0.3) is 11.5 Å². The second-order valence-corrected chi connectivity index (χ2v) is 6.79. The molecule has 8 nitrogen and oxygen atoms in total. The quantitative estimate of drug-likeness (QED) is 0.708. The Morgan fingerprint density at radius 2 is 1.85 bits per heavy atom. The van der Waals surface area contributed by atoms with E-state index in [2.05, 4.69) is 15.3 Å². The lowest BCUT2D eigenvalue weighted by Crippen LogP contribution is -2.40. The van der Waals surface area contributed by atoms with E-state index in [1.54, 1.807) is 18.0 Å². The van der Waals surface area contributed by atoms with Crippen LogP contribution in [0.3, 0.4) is 0 Å². The molecule has 0 radical (unpaired) electrons. The van der Waals surface area contributed by atoms with Gasteiger partial charge in [0.1, 0.15) is 0 Å². The second kappa shape index (κ2) is 6.79. The van der Waals surface area contributed by atoms with E-state index in [0.29, 0.717) is 37.2 Å². The lowest BCUT2D eigenvalue weighted by molar-refractivity contribution is 0.0647. The van der Waals surface area contributed by atoms with Crippen LogP contribution in [-0.2, 0) is 0 Å². The average Bonchev–Trinajstić information content (AvgIpc) is 3.12. The van der Waals surface area contributed by atoms with E-state index in [0.717, 1.165) is 0 Å². The van der Waals surface area contributed by atoms with E-state index < -0.39 is 5.56 Å². The van der Waals surface area contributed by atoms with Gasteiger partial charge in [-0.3, -0.25) is 14.4 Å². The molecule has 0 atom stereocenters. The minimum atomic E-state index is -0.391. The molecule has 8 heteroatoms. The molecule has 1 fully saturated rings. The fourth-order valence-electron chi connectivity index (χ4n) is 3.53. The molecule has 0 unspecified atom stereocenters. The zero-order chi connectivity index (χ0) is 19.0. The number of nitrogens with zero attached hydrogens (tertiary/aromatic N) is 4. The highest BCUT2D eigenvalue weighted by Gasteiger charge is 2.30. The fourth-order valence-corrected chi connectivity index (χ4v) is 3.53. The Labute approximate surface area is 154 Å². The van der Waals surface area contributed by atoms with Crippen molar-refractivity contribution in [2.75, 3.05) is 13.1 Å². The number of hydrogen-bond acceptors (Lipinski definition) is 5. The Morgan fingerprint density at radius 1 is 1.15 bits per heavy atom. The van der Waals surface area contributed by atoms with Crippen molar-refractivity contribution >= 4 is 17.2 Å². The number of H-pyrrole nitrogens is 1. The summed E-state index contributed by atoms with van der Waals surface area (Å²) >= 11 is 0. The number of benzene rings is 1. The first-order valence-corrected chi connectivity index (χ1v) is 8.88. The molecule has 3 heterocycles. The third-order valence-corrected chi connectivity index (χ3v) is 4.95. The zero-order valence-electron chi connectivity index (χ0n) is 14.9. The van der Waals surface area contributed by atoms with Gasteiger partial charge < -0.3 is 9.88 Å². The molecule has 3 aromatic rings. The monoisotopic (exact) mass is 365 g/mol. The highest BCUT2D eigenvalue weighted by atomic mass is 16.2. The van der Waals surface area contributed by atoms with Gasteiger partial charge in [-0.05, 0) is 19.8 Å². The molecule has 1 N–H and O–H groups in total. The van der Waals surface area contributed by atoms with Gasteiger partial charge in [-0.1, -0.05) is 35.5 Å². The van der Waals surface area contributed by atoms with E-state index in [9.17, 15) is 14.4 Å². The number of likely N-dealkylation sites (tertiary alicyclic amines) is 1. The summed E-state index contributed by atoms with van der Waals surface area (Å²) in [6.07, 6.45) is 2.80. The first kappa shape index (κ1) is 17.1. The average molecular weight is 365 g/mol. The van der Waals surface area contributed by atoms with Gasteiger partial charge in [-0.2, -0.15) is 0 Å². The summed E-state index contributed by atoms with van der Waals surface area (Å²) in [6, 6.07) is 9.21. The van der Waals surface area contributed by atoms with Gasteiger partial charge in [-0.15, -0.1) is 5.10 Å². The number of ketones is 1. The molecule has 4 rings (SSSR count). The summed E-state index contributed by atoms with van der Waals surface area (Å²) in [5, 5.41) is 7.79. The van der Waals surface area contributed by atoms with Crippen LogP contribution in [0.15, 0.2) is 41.3 Å². The van der Waals surface area contributed by atoms with Gasteiger partial charge in [-0.25, -0.2) is 4.52 Å². The van der Waals surface area contributed by atoms with Crippen LogP contribution in [0.4, 0.5) is 0 Å². The van der Waals surface area contributed by atoms with Crippen LogP contribution < -0.4 is 5.56 Å². The Hall–Kier alpha value is -3.29. The standard InChI is InChI=1S/C19H19N5O3/c1-12-11-24-16(18(26)20-12)15(21-22-24)19(27)23-9-7-14(8-10-23)17(25)13-5-3-2-4-6-13/h2-6,11,14H,7-10H2,1H3,(H,20,26). The number of amides is 1. The van der Waals surface area contributed by atoms with Crippen molar-refractivity contribution in [3.8, 4) is 0 Å². The molecule has 1 aromatic carbocycles. The lowest BCUT2D eigenvalue weighted by Gasteiger charge is -2.30. The van der Waals surface area contributed by atoms with Gasteiger partial charge >= 0.3 is 0 Å². The van der Waals surface area contributed by atoms with Gasteiger partial charge in [0, 0.05) is 30.3 Å². The molecule has 1 aliphatic rings. The summed E-state index contributed by atoms with van der Waals surface area (Å²) in [7, 11) is 0. The number of aromatic nitrogens is 4. The molecular weight excluding hydrogens is 346 g/mol. The first-order chi connectivity index (χ1) is 13.0. The van der Waals surface area contributed by atoms with Crippen molar-refractivity contribution in [1.29, 1.82) is 0 Å². The predicted octanol–water partition coefficient (Wildman–Crippen LogP) is 1.46. The van der Waals surface area contributed by atoms with Gasteiger partial charge in [0.05, 0.1) is 6.20 Å². The van der Waals surface area contributed by atoms with E-state index in [1.807, 2.05) is 30.3 Å². The molecule has 1 amide bonds. The number of carbonyl (C=O) groups is 2. The lowest BCUT2D eigenvalue weighted by atomic mass is 9.89. The van der Waals surface area contributed by atoms with Crippen LogP contribution in [0.2, 0.25) is 0 Å². The van der Waals surface area contributed by atoms with E-state index in [-0.39, 0.29) is 28.8 Å². The van der Waals surface area contributed by atoms with Crippen LogP contribution in [0.5, 0.6) is 0 Å². The maximum Gasteiger partial charge on any atom is 0.276 e. The molecule has 0 aliphatic carbocycles. The number of rotatable bonds is 3. The maximum absolute atomic E-state index is 12.8.